The number of carbonyl (C=O) groups is 3. The molecule has 32 heavy (non-hydrogen) atoms. The molecule has 8 heteroatoms. The smallest absolute Gasteiger partial charge is 0.306 e. The number of nitrogens with one attached hydrogen (secondary N) is 1. The van der Waals surface area contributed by atoms with E-state index < -0.39 is 29.4 Å². The lowest BCUT2D eigenvalue weighted by atomic mass is 9.70. The summed E-state index contributed by atoms with van der Waals surface area (Å²) in [5.41, 5.74) is 5.94. The van der Waals surface area contributed by atoms with Crippen molar-refractivity contribution >= 4 is 17.8 Å². The van der Waals surface area contributed by atoms with Gasteiger partial charge in [-0.1, -0.05) is 19.9 Å². The predicted octanol–water partition coefficient (Wildman–Crippen LogP) is 2.86. The van der Waals surface area contributed by atoms with Crippen LogP contribution in [0.4, 0.5) is 4.39 Å². The van der Waals surface area contributed by atoms with Gasteiger partial charge in [-0.25, -0.2) is 4.39 Å². The van der Waals surface area contributed by atoms with Gasteiger partial charge in [0.15, 0.2) is 0 Å². The van der Waals surface area contributed by atoms with Gasteiger partial charge in [-0.3, -0.25) is 14.4 Å². The fourth-order valence-electron chi connectivity index (χ4n) is 4.76. The summed E-state index contributed by atoms with van der Waals surface area (Å²) in [5.74, 6) is -2.00. The van der Waals surface area contributed by atoms with Gasteiger partial charge in [-0.15, -0.1) is 0 Å². The Morgan fingerprint density at radius 1 is 1.34 bits per heavy atom. The molecule has 2 aliphatic rings. The van der Waals surface area contributed by atoms with E-state index in [1.54, 1.807) is 32.9 Å². The van der Waals surface area contributed by atoms with Crippen molar-refractivity contribution in [2.45, 2.75) is 78.0 Å². The second-order valence-corrected chi connectivity index (χ2v) is 10.5. The molecule has 0 aromatic heterocycles. The molecule has 176 valence electrons. The van der Waals surface area contributed by atoms with Gasteiger partial charge in [0.25, 0.3) is 5.91 Å². The van der Waals surface area contributed by atoms with Crippen LogP contribution < -0.4 is 11.1 Å². The SMILES string of the molecule is CC(C)(C)OC(=O)CCC(C(N)=O)N1Cc2c(ccc(C3CCNCC3(C)C)c2F)C1=O. The molecule has 0 bridgehead atoms. The van der Waals surface area contributed by atoms with E-state index >= 15 is 4.39 Å². The van der Waals surface area contributed by atoms with E-state index in [1.165, 1.54) is 4.90 Å². The van der Waals surface area contributed by atoms with E-state index in [-0.39, 0.29) is 42.1 Å². The number of piperidine rings is 1. The van der Waals surface area contributed by atoms with Crippen molar-refractivity contribution in [1.29, 1.82) is 0 Å². The Morgan fingerprint density at radius 2 is 2.03 bits per heavy atom. The van der Waals surface area contributed by atoms with Crippen LogP contribution in [-0.4, -0.2) is 47.4 Å². The summed E-state index contributed by atoms with van der Waals surface area (Å²) >= 11 is 0. The fourth-order valence-corrected chi connectivity index (χ4v) is 4.76. The number of nitrogens with zero attached hydrogens (tertiary/aromatic N) is 1. The average molecular weight is 448 g/mol. The number of benzene rings is 1. The van der Waals surface area contributed by atoms with Crippen LogP contribution in [0.25, 0.3) is 0 Å². The number of fused-ring (bicyclic) bond motifs is 1. The van der Waals surface area contributed by atoms with Crippen LogP contribution in [-0.2, 0) is 20.9 Å². The topological polar surface area (TPSA) is 102 Å². The van der Waals surface area contributed by atoms with Crippen molar-refractivity contribution in [2.75, 3.05) is 13.1 Å². The number of rotatable bonds is 6. The standard InChI is InChI=1S/C24H34FN3O4/c1-23(2,3)32-19(29)9-8-18(21(26)30)28-12-16-14(22(28)31)6-7-15(20(16)25)17-10-11-27-13-24(17,4)5/h6-7,17-18,27H,8-13H2,1-5H3,(H2,26,30). The molecule has 2 amide bonds. The fraction of sp³-hybridized carbons (Fsp3) is 0.625. The van der Waals surface area contributed by atoms with E-state index in [0.29, 0.717) is 11.1 Å². The lowest BCUT2D eigenvalue weighted by Gasteiger charge is -2.39. The Bertz CT molecular complexity index is 923. The van der Waals surface area contributed by atoms with E-state index in [2.05, 4.69) is 19.2 Å². The zero-order chi connectivity index (χ0) is 23.8. The molecule has 1 saturated heterocycles. The Morgan fingerprint density at radius 3 is 2.62 bits per heavy atom. The Kier molecular flexibility index (Phi) is 6.65. The number of hydrogen-bond acceptors (Lipinski definition) is 5. The highest BCUT2D eigenvalue weighted by atomic mass is 19.1. The highest BCUT2D eigenvalue weighted by molar-refractivity contribution is 6.01. The lowest BCUT2D eigenvalue weighted by Crippen LogP contribution is -2.45. The van der Waals surface area contributed by atoms with Gasteiger partial charge in [-0.2, -0.15) is 0 Å². The minimum Gasteiger partial charge on any atom is -0.460 e. The van der Waals surface area contributed by atoms with Crippen molar-refractivity contribution in [2.24, 2.45) is 11.1 Å². The molecule has 0 aliphatic carbocycles. The second kappa shape index (κ2) is 8.81. The maximum Gasteiger partial charge on any atom is 0.306 e. The first kappa shape index (κ1) is 24.2. The molecule has 2 heterocycles. The highest BCUT2D eigenvalue weighted by Gasteiger charge is 2.40. The van der Waals surface area contributed by atoms with Gasteiger partial charge in [0.05, 0.1) is 6.54 Å². The zero-order valence-corrected chi connectivity index (χ0v) is 19.6. The first-order valence-corrected chi connectivity index (χ1v) is 11.2. The van der Waals surface area contributed by atoms with Crippen LogP contribution in [0.5, 0.6) is 0 Å². The number of halogens is 1. The van der Waals surface area contributed by atoms with Gasteiger partial charge in [-0.05, 0) is 63.1 Å². The molecule has 2 atom stereocenters. The monoisotopic (exact) mass is 447 g/mol. The minimum atomic E-state index is -1.01. The summed E-state index contributed by atoms with van der Waals surface area (Å²) in [6.07, 6.45) is 0.766. The van der Waals surface area contributed by atoms with Crippen molar-refractivity contribution in [3.8, 4) is 0 Å². The molecule has 3 rings (SSSR count). The zero-order valence-electron chi connectivity index (χ0n) is 19.6. The van der Waals surface area contributed by atoms with E-state index in [4.69, 9.17) is 10.5 Å². The van der Waals surface area contributed by atoms with Crippen LogP contribution in [0.2, 0.25) is 0 Å². The molecular weight excluding hydrogens is 413 g/mol. The maximum absolute atomic E-state index is 15.6. The van der Waals surface area contributed by atoms with Crippen LogP contribution >= 0.6 is 0 Å². The molecule has 0 radical (unpaired) electrons. The molecular formula is C24H34FN3O4. The number of ether oxygens (including phenoxy) is 1. The van der Waals surface area contributed by atoms with E-state index in [9.17, 15) is 14.4 Å². The normalized spacial score (nSPS) is 21.2. The van der Waals surface area contributed by atoms with E-state index in [0.717, 1.165) is 19.5 Å². The number of primary amides is 1. The van der Waals surface area contributed by atoms with Gasteiger partial charge in [0.1, 0.15) is 17.5 Å². The Hall–Kier alpha value is -2.48. The first-order chi connectivity index (χ1) is 14.8. The number of nitrogens with two attached hydrogens (primary N) is 1. The number of esters is 1. The highest BCUT2D eigenvalue weighted by Crippen LogP contribution is 2.42. The quantitative estimate of drug-likeness (QED) is 0.653. The molecule has 1 aromatic rings. The molecule has 7 nitrogen and oxygen atoms in total. The van der Waals surface area contributed by atoms with Crippen molar-refractivity contribution < 1.29 is 23.5 Å². The van der Waals surface area contributed by atoms with Crippen molar-refractivity contribution in [3.05, 3.63) is 34.6 Å². The number of hydrogen-bond donors (Lipinski definition) is 2. The number of amides is 2. The van der Waals surface area contributed by atoms with Crippen molar-refractivity contribution in [3.63, 3.8) is 0 Å². The molecule has 2 unspecified atom stereocenters. The molecule has 1 aromatic carbocycles. The summed E-state index contributed by atoms with van der Waals surface area (Å²) in [4.78, 5) is 38.5. The van der Waals surface area contributed by atoms with E-state index in [1.807, 2.05) is 0 Å². The van der Waals surface area contributed by atoms with Gasteiger partial charge in [0.2, 0.25) is 5.91 Å². The third-order valence-electron chi connectivity index (χ3n) is 6.35. The minimum absolute atomic E-state index is 0.0253. The van der Waals surface area contributed by atoms with Gasteiger partial charge < -0.3 is 20.7 Å². The van der Waals surface area contributed by atoms with Crippen molar-refractivity contribution in [1.82, 2.24) is 10.2 Å². The molecule has 3 N–H and O–H groups in total. The Balaban J connectivity index is 1.81. The number of carbonyl (C=O) groups excluding carboxylic acids is 3. The summed E-state index contributed by atoms with van der Waals surface area (Å²) in [5, 5.41) is 3.35. The maximum atomic E-state index is 15.6. The molecule has 1 fully saturated rings. The molecule has 0 saturated carbocycles. The van der Waals surface area contributed by atoms with Crippen LogP contribution in [0.15, 0.2) is 12.1 Å². The van der Waals surface area contributed by atoms with Gasteiger partial charge in [0, 0.05) is 24.1 Å². The molecule has 0 spiro atoms. The summed E-state index contributed by atoms with van der Waals surface area (Å²) < 4.78 is 20.9. The third-order valence-corrected chi connectivity index (χ3v) is 6.35. The average Bonchev–Trinajstić information content (AvgIpc) is 2.98. The summed E-state index contributed by atoms with van der Waals surface area (Å²) in [6.45, 7) is 11.0. The van der Waals surface area contributed by atoms with Crippen LogP contribution in [0.1, 0.15) is 81.3 Å². The third kappa shape index (κ3) is 4.95. The van der Waals surface area contributed by atoms with Crippen LogP contribution in [0.3, 0.4) is 0 Å². The van der Waals surface area contributed by atoms with Crippen LogP contribution in [0, 0.1) is 11.2 Å². The second-order valence-electron chi connectivity index (χ2n) is 10.5. The first-order valence-electron chi connectivity index (χ1n) is 11.2. The molecule has 2 aliphatic heterocycles. The lowest BCUT2D eigenvalue weighted by molar-refractivity contribution is -0.155. The summed E-state index contributed by atoms with van der Waals surface area (Å²) in [7, 11) is 0. The predicted molar refractivity (Wildman–Crippen MR) is 118 cm³/mol. The largest absolute Gasteiger partial charge is 0.460 e. The Labute approximate surface area is 188 Å². The summed E-state index contributed by atoms with van der Waals surface area (Å²) in [6, 6.07) is 2.34. The van der Waals surface area contributed by atoms with Gasteiger partial charge >= 0.3 is 5.97 Å².